The van der Waals surface area contributed by atoms with Gasteiger partial charge in [0.15, 0.2) is 0 Å². The summed E-state index contributed by atoms with van der Waals surface area (Å²) in [5.74, 6) is 0.704. The number of fused-ring (bicyclic) bond motifs is 3. The Morgan fingerprint density at radius 1 is 1.19 bits per heavy atom. The molecular formula is C19H22N4O2S. The van der Waals surface area contributed by atoms with Crippen molar-refractivity contribution in [1.82, 2.24) is 20.1 Å². The largest absolute Gasteiger partial charge is 0.347 e. The molecule has 1 unspecified atom stereocenters. The van der Waals surface area contributed by atoms with Gasteiger partial charge in [-0.3, -0.25) is 14.6 Å². The van der Waals surface area contributed by atoms with Crippen LogP contribution in [0.15, 0.2) is 18.3 Å². The second-order valence-electron chi connectivity index (χ2n) is 7.68. The molecule has 0 saturated carbocycles. The monoisotopic (exact) mass is 370 g/mol. The molecule has 3 aliphatic heterocycles. The molecule has 0 radical (unpaired) electrons. The fraction of sp³-hybridized carbons (Fsp3) is 0.526. The van der Waals surface area contributed by atoms with Gasteiger partial charge in [0, 0.05) is 48.5 Å². The van der Waals surface area contributed by atoms with Gasteiger partial charge in [-0.1, -0.05) is 0 Å². The lowest BCUT2D eigenvalue weighted by molar-refractivity contribution is 0.0657. The summed E-state index contributed by atoms with van der Waals surface area (Å²) in [5.41, 5.74) is 0.440. The third-order valence-electron chi connectivity index (χ3n) is 5.79. The lowest BCUT2D eigenvalue weighted by atomic mass is 9.97. The number of carbonyl (C=O) groups is 2. The van der Waals surface area contributed by atoms with E-state index in [0.29, 0.717) is 5.69 Å². The molecule has 136 valence electrons. The fourth-order valence-corrected chi connectivity index (χ4v) is 5.30. The Kier molecular flexibility index (Phi) is 3.94. The molecule has 3 saturated heterocycles. The number of hydrogen-bond donors (Lipinski definition) is 1. The average molecular weight is 370 g/mol. The Morgan fingerprint density at radius 2 is 2.08 bits per heavy atom. The fourth-order valence-electron chi connectivity index (χ4n) is 4.26. The Labute approximate surface area is 156 Å². The van der Waals surface area contributed by atoms with Crippen molar-refractivity contribution in [3.63, 3.8) is 0 Å². The van der Waals surface area contributed by atoms with Gasteiger partial charge in [-0.2, -0.15) is 0 Å². The van der Waals surface area contributed by atoms with Crippen molar-refractivity contribution in [3.05, 3.63) is 28.9 Å². The molecule has 0 aliphatic carbocycles. The number of piperidine rings is 1. The summed E-state index contributed by atoms with van der Waals surface area (Å²) in [5, 5.41) is 4.08. The van der Waals surface area contributed by atoms with Crippen LogP contribution in [0.25, 0.3) is 10.1 Å². The Balaban J connectivity index is 1.32. The van der Waals surface area contributed by atoms with Gasteiger partial charge in [0.05, 0.1) is 4.88 Å². The van der Waals surface area contributed by atoms with Gasteiger partial charge < -0.3 is 15.1 Å². The van der Waals surface area contributed by atoms with Gasteiger partial charge in [-0.15, -0.1) is 11.3 Å². The number of likely N-dealkylation sites (tertiary alicyclic amines) is 1. The van der Waals surface area contributed by atoms with E-state index >= 15 is 0 Å². The summed E-state index contributed by atoms with van der Waals surface area (Å²) in [6, 6.07) is 3.93. The Morgan fingerprint density at radius 3 is 2.85 bits per heavy atom. The van der Waals surface area contributed by atoms with Crippen molar-refractivity contribution in [2.45, 2.75) is 25.3 Å². The normalized spacial score (nSPS) is 27.4. The second kappa shape index (κ2) is 6.32. The Bertz CT molecular complexity index is 864. The van der Waals surface area contributed by atoms with E-state index < -0.39 is 0 Å². The summed E-state index contributed by atoms with van der Waals surface area (Å²) in [6.45, 7) is 4.97. The van der Waals surface area contributed by atoms with E-state index in [1.54, 1.807) is 6.20 Å². The van der Waals surface area contributed by atoms with Crippen LogP contribution in [-0.4, -0.2) is 65.4 Å². The molecule has 0 aromatic carbocycles. The van der Waals surface area contributed by atoms with Gasteiger partial charge >= 0.3 is 0 Å². The summed E-state index contributed by atoms with van der Waals surface area (Å²) in [7, 11) is 0. The number of hydrogen-bond acceptors (Lipinski definition) is 5. The number of aromatic nitrogens is 1. The lowest BCUT2D eigenvalue weighted by Gasteiger charge is -2.30. The van der Waals surface area contributed by atoms with Crippen LogP contribution in [0.1, 0.15) is 39.4 Å². The molecule has 3 fully saturated rings. The number of amides is 2. The second-order valence-corrected chi connectivity index (χ2v) is 8.77. The zero-order valence-corrected chi connectivity index (χ0v) is 15.4. The van der Waals surface area contributed by atoms with E-state index in [1.165, 1.54) is 24.3 Å². The van der Waals surface area contributed by atoms with Crippen LogP contribution in [0, 0.1) is 5.92 Å². The molecule has 3 atom stereocenters. The predicted molar refractivity (Wildman–Crippen MR) is 101 cm³/mol. The van der Waals surface area contributed by atoms with Crippen LogP contribution >= 0.6 is 11.3 Å². The minimum Gasteiger partial charge on any atom is -0.347 e. The van der Waals surface area contributed by atoms with Crippen molar-refractivity contribution >= 4 is 33.2 Å². The van der Waals surface area contributed by atoms with E-state index in [-0.39, 0.29) is 17.9 Å². The molecule has 2 bridgehead atoms. The highest BCUT2D eigenvalue weighted by atomic mass is 32.1. The van der Waals surface area contributed by atoms with Gasteiger partial charge in [-0.25, -0.2) is 0 Å². The first-order valence-electron chi connectivity index (χ1n) is 9.38. The lowest BCUT2D eigenvalue weighted by Crippen LogP contribution is -2.47. The van der Waals surface area contributed by atoms with E-state index in [4.69, 9.17) is 0 Å². The number of pyridine rings is 1. The van der Waals surface area contributed by atoms with Crippen LogP contribution in [0.4, 0.5) is 0 Å². The molecule has 26 heavy (non-hydrogen) atoms. The predicted octanol–water partition coefficient (Wildman–Crippen LogP) is 1.97. The molecule has 7 heteroatoms. The first-order valence-corrected chi connectivity index (χ1v) is 10.2. The van der Waals surface area contributed by atoms with Crippen molar-refractivity contribution in [3.8, 4) is 0 Å². The molecule has 3 aliphatic rings. The maximum atomic E-state index is 12.6. The van der Waals surface area contributed by atoms with Crippen LogP contribution in [-0.2, 0) is 0 Å². The molecular weight excluding hydrogens is 348 g/mol. The molecule has 0 spiro atoms. The van der Waals surface area contributed by atoms with Gasteiger partial charge in [0.25, 0.3) is 11.8 Å². The van der Waals surface area contributed by atoms with Crippen molar-refractivity contribution < 1.29 is 9.59 Å². The summed E-state index contributed by atoms with van der Waals surface area (Å²) >= 11 is 1.45. The van der Waals surface area contributed by atoms with Crippen LogP contribution < -0.4 is 5.32 Å². The number of carbonyl (C=O) groups excluding carboxylic acids is 2. The highest BCUT2D eigenvalue weighted by Gasteiger charge is 2.33. The molecule has 2 amide bonds. The van der Waals surface area contributed by atoms with Crippen molar-refractivity contribution in [2.24, 2.45) is 5.92 Å². The summed E-state index contributed by atoms with van der Waals surface area (Å²) in [4.78, 5) is 34.4. The number of thiophene rings is 1. The molecule has 2 aromatic heterocycles. The molecule has 5 heterocycles. The number of nitrogens with zero attached hydrogens (tertiary/aromatic N) is 3. The zero-order valence-electron chi connectivity index (χ0n) is 14.6. The van der Waals surface area contributed by atoms with E-state index in [1.807, 2.05) is 17.0 Å². The van der Waals surface area contributed by atoms with Crippen LogP contribution in [0.5, 0.6) is 0 Å². The van der Waals surface area contributed by atoms with E-state index in [2.05, 4.69) is 15.2 Å². The SMILES string of the molecule is O=C(N[C@@H]1C[C@@H]2CCN(C2)C1)c1cc2sc(C(=O)N3CCC3)cc2cn1. The summed E-state index contributed by atoms with van der Waals surface area (Å²) < 4.78 is 0.946. The third-order valence-corrected chi connectivity index (χ3v) is 6.88. The maximum absolute atomic E-state index is 12.6. The number of nitrogens with one attached hydrogen (secondary N) is 1. The standard InChI is InChI=1S/C19H22N4O2S/c24-18(21-14-6-12-2-5-22(10-12)11-14)15-8-16-13(9-20-15)7-17(26-16)19(25)23-3-1-4-23/h7-9,12,14H,1-6,10-11H2,(H,21,24)/t12-,14+/m0/s1. The van der Waals surface area contributed by atoms with Crippen molar-refractivity contribution in [1.29, 1.82) is 0 Å². The third kappa shape index (κ3) is 2.89. The first kappa shape index (κ1) is 16.2. The highest BCUT2D eigenvalue weighted by Crippen LogP contribution is 2.29. The van der Waals surface area contributed by atoms with Crippen molar-refractivity contribution in [2.75, 3.05) is 32.7 Å². The van der Waals surface area contributed by atoms with Gasteiger partial charge in [-0.05, 0) is 43.9 Å². The average Bonchev–Trinajstić information content (AvgIpc) is 3.15. The molecule has 2 aromatic rings. The highest BCUT2D eigenvalue weighted by molar-refractivity contribution is 7.20. The molecule has 1 N–H and O–H groups in total. The van der Waals surface area contributed by atoms with Gasteiger partial charge in [0.1, 0.15) is 5.69 Å². The maximum Gasteiger partial charge on any atom is 0.270 e. The van der Waals surface area contributed by atoms with E-state index in [9.17, 15) is 9.59 Å². The smallest absolute Gasteiger partial charge is 0.270 e. The quantitative estimate of drug-likeness (QED) is 0.897. The zero-order chi connectivity index (χ0) is 17.7. The first-order chi connectivity index (χ1) is 12.7. The van der Waals surface area contributed by atoms with Crippen LogP contribution in [0.2, 0.25) is 0 Å². The minimum absolute atomic E-state index is 0.0928. The van der Waals surface area contributed by atoms with Crippen LogP contribution in [0.3, 0.4) is 0 Å². The molecule has 5 rings (SSSR count). The summed E-state index contributed by atoms with van der Waals surface area (Å²) in [6.07, 6.45) is 5.11. The number of rotatable bonds is 3. The topological polar surface area (TPSA) is 65.5 Å². The van der Waals surface area contributed by atoms with Gasteiger partial charge in [0.2, 0.25) is 0 Å². The Hall–Kier alpha value is -1.99. The van der Waals surface area contributed by atoms with E-state index in [0.717, 1.165) is 59.9 Å². The molecule has 6 nitrogen and oxygen atoms in total. The minimum atomic E-state index is -0.108.